The van der Waals surface area contributed by atoms with E-state index in [0.29, 0.717) is 11.5 Å². The number of rotatable bonds is 2. The molecule has 1 rings (SSSR count). The van der Waals surface area contributed by atoms with E-state index in [-0.39, 0.29) is 5.41 Å². The van der Waals surface area contributed by atoms with Crippen LogP contribution >= 0.6 is 0 Å². The monoisotopic (exact) mass is 239 g/mol. The minimum Gasteiger partial charge on any atom is -0.535 e. The lowest BCUT2D eigenvalue weighted by molar-refractivity contribution is 0.142. The van der Waals surface area contributed by atoms with Crippen LogP contribution in [0, 0.1) is 6.92 Å². The lowest BCUT2D eigenvalue weighted by Crippen LogP contribution is -2.13. The third kappa shape index (κ3) is 3.12. The van der Waals surface area contributed by atoms with E-state index in [9.17, 15) is 4.79 Å². The van der Waals surface area contributed by atoms with Crippen molar-refractivity contribution in [2.45, 2.75) is 33.1 Å². The second-order valence-corrected chi connectivity index (χ2v) is 4.96. The van der Waals surface area contributed by atoms with E-state index >= 15 is 0 Å². The van der Waals surface area contributed by atoms with Gasteiger partial charge in [-0.05, 0) is 23.5 Å². The van der Waals surface area contributed by atoms with Gasteiger partial charge in [0.25, 0.3) is 5.75 Å². The molecule has 0 aromatic heterocycles. The van der Waals surface area contributed by atoms with Crippen LogP contribution in [0.3, 0.4) is 0 Å². The number of hydrogen-bond acceptors (Lipinski definition) is 3. The van der Waals surface area contributed by atoms with E-state index in [4.69, 9.17) is 14.6 Å². The fourth-order valence-electron chi connectivity index (χ4n) is 1.61. The molecular formula is C13H19O4+. The highest BCUT2D eigenvalue weighted by atomic mass is 16.7. The number of methoxy groups -OCH3 is 1. The van der Waals surface area contributed by atoms with Gasteiger partial charge in [-0.2, -0.15) is 0 Å². The van der Waals surface area contributed by atoms with Crippen LogP contribution in [0.2, 0.25) is 0 Å². The number of ether oxygens (including phenoxy) is 2. The van der Waals surface area contributed by atoms with Gasteiger partial charge in [-0.1, -0.05) is 26.8 Å². The first-order valence-corrected chi connectivity index (χ1v) is 5.38. The largest absolute Gasteiger partial charge is 0.731 e. The smallest absolute Gasteiger partial charge is 0.535 e. The van der Waals surface area contributed by atoms with Crippen LogP contribution in [0.1, 0.15) is 31.9 Å². The summed E-state index contributed by atoms with van der Waals surface area (Å²) in [5.74, 6) is 0.802. The molecule has 0 amide bonds. The Kier molecular flexibility index (Phi) is 3.66. The molecule has 0 heterocycles. The van der Waals surface area contributed by atoms with Crippen LogP contribution in [-0.2, 0) is 5.41 Å². The molecule has 0 radical (unpaired) electrons. The lowest BCUT2D eigenvalue weighted by atomic mass is 9.86. The zero-order chi connectivity index (χ0) is 13.2. The van der Waals surface area contributed by atoms with Crippen LogP contribution in [0.5, 0.6) is 11.5 Å². The van der Waals surface area contributed by atoms with Crippen molar-refractivity contribution in [3.05, 3.63) is 23.3 Å². The summed E-state index contributed by atoms with van der Waals surface area (Å²) in [6.45, 7) is 8.09. The van der Waals surface area contributed by atoms with Gasteiger partial charge in [0, 0.05) is 10.9 Å². The van der Waals surface area contributed by atoms with Gasteiger partial charge in [-0.15, -0.1) is 0 Å². The van der Waals surface area contributed by atoms with Crippen molar-refractivity contribution in [3.8, 4) is 11.5 Å². The zero-order valence-electron chi connectivity index (χ0n) is 10.9. The zero-order valence-corrected chi connectivity index (χ0v) is 10.9. The summed E-state index contributed by atoms with van der Waals surface area (Å²) < 4.78 is 10.0. The number of hydrogen-bond donors (Lipinski definition) is 0. The van der Waals surface area contributed by atoms with Crippen molar-refractivity contribution in [1.82, 2.24) is 0 Å². The van der Waals surface area contributed by atoms with E-state index in [1.165, 1.54) is 7.11 Å². The second-order valence-electron chi connectivity index (χ2n) is 4.96. The summed E-state index contributed by atoms with van der Waals surface area (Å²) >= 11 is 0. The van der Waals surface area contributed by atoms with Crippen molar-refractivity contribution >= 4 is 6.16 Å². The molecule has 0 atom stereocenters. The Morgan fingerprint density at radius 2 is 1.88 bits per heavy atom. The van der Waals surface area contributed by atoms with Crippen molar-refractivity contribution < 1.29 is 19.4 Å². The molecule has 1 aromatic rings. The number of aryl methyl sites for hydroxylation is 1. The fourth-order valence-corrected chi connectivity index (χ4v) is 1.61. The summed E-state index contributed by atoms with van der Waals surface area (Å²) in [4.78, 5) is 10.7. The molecule has 0 unspecified atom stereocenters. The van der Waals surface area contributed by atoms with Crippen molar-refractivity contribution in [2.75, 3.05) is 7.11 Å². The van der Waals surface area contributed by atoms with Crippen LogP contribution < -0.4 is 9.47 Å². The Morgan fingerprint density at radius 1 is 1.29 bits per heavy atom. The Bertz CT molecular complexity index is 430. The van der Waals surface area contributed by atoms with E-state index in [0.717, 1.165) is 11.1 Å². The Morgan fingerprint density at radius 3 is 2.29 bits per heavy atom. The van der Waals surface area contributed by atoms with Gasteiger partial charge < -0.3 is 9.84 Å². The Labute approximate surface area is 101 Å². The summed E-state index contributed by atoms with van der Waals surface area (Å²) in [5.41, 5.74) is 1.86. The maximum atomic E-state index is 10.7. The Hall–Kier alpha value is -1.71. The van der Waals surface area contributed by atoms with E-state index in [1.54, 1.807) is 6.07 Å². The molecule has 0 spiro atoms. The maximum absolute atomic E-state index is 10.7. The molecule has 0 aliphatic rings. The highest BCUT2D eigenvalue weighted by Gasteiger charge is 2.23. The van der Waals surface area contributed by atoms with Gasteiger partial charge in [-0.3, -0.25) is 4.74 Å². The fraction of sp³-hybridized carbons (Fsp3) is 0.462. The van der Waals surface area contributed by atoms with E-state index in [2.05, 4.69) is 20.8 Å². The molecule has 0 aliphatic heterocycles. The predicted molar refractivity (Wildman–Crippen MR) is 66.1 cm³/mol. The van der Waals surface area contributed by atoms with E-state index in [1.807, 2.05) is 13.0 Å². The highest BCUT2D eigenvalue weighted by molar-refractivity contribution is 5.64. The third-order valence-electron chi connectivity index (χ3n) is 2.51. The van der Waals surface area contributed by atoms with E-state index < -0.39 is 6.16 Å². The van der Waals surface area contributed by atoms with Gasteiger partial charge in [-0.25, -0.2) is 0 Å². The van der Waals surface area contributed by atoms with Crippen LogP contribution in [0.25, 0.3) is 0 Å². The molecule has 94 valence electrons. The van der Waals surface area contributed by atoms with Crippen LogP contribution in [-0.4, -0.2) is 18.4 Å². The van der Waals surface area contributed by atoms with Gasteiger partial charge in [0.05, 0.1) is 7.11 Å². The number of benzene rings is 1. The second kappa shape index (κ2) is 4.65. The summed E-state index contributed by atoms with van der Waals surface area (Å²) in [7, 11) is 1.51. The number of carbonyl (C=O) groups excluding carboxylic acids is 1. The molecule has 4 heteroatoms. The maximum Gasteiger partial charge on any atom is 0.731 e. The topological polar surface area (TPSA) is 58.4 Å². The SMILES string of the molecule is COc1c(C)cc(C(C)(C)C)cc1OC(=O)[OH2+]. The highest BCUT2D eigenvalue weighted by Crippen LogP contribution is 2.36. The average molecular weight is 239 g/mol. The minimum atomic E-state index is -1.09. The molecule has 0 aliphatic carbocycles. The lowest BCUT2D eigenvalue weighted by Gasteiger charge is -2.20. The van der Waals surface area contributed by atoms with Gasteiger partial charge >= 0.3 is 6.16 Å². The first kappa shape index (κ1) is 13.4. The van der Waals surface area contributed by atoms with Crippen LogP contribution in [0.15, 0.2) is 12.1 Å². The molecule has 0 saturated carbocycles. The normalized spacial score (nSPS) is 11.1. The molecule has 2 N–H and O–H groups in total. The Balaban J connectivity index is 3.33. The predicted octanol–water partition coefficient (Wildman–Crippen LogP) is 2.52. The quantitative estimate of drug-likeness (QED) is 0.452. The summed E-state index contributed by atoms with van der Waals surface area (Å²) in [6.07, 6.45) is -1.09. The van der Waals surface area contributed by atoms with Gasteiger partial charge in [0.1, 0.15) is 0 Å². The van der Waals surface area contributed by atoms with Crippen LogP contribution in [0.4, 0.5) is 4.79 Å². The summed E-state index contributed by atoms with van der Waals surface area (Å²) in [5, 5.41) is 6.87. The first-order chi connectivity index (χ1) is 7.75. The van der Waals surface area contributed by atoms with Crippen molar-refractivity contribution in [1.29, 1.82) is 0 Å². The number of carbonyl (C=O) groups is 1. The summed E-state index contributed by atoms with van der Waals surface area (Å²) in [6, 6.07) is 3.75. The first-order valence-electron chi connectivity index (χ1n) is 5.38. The molecular weight excluding hydrogens is 220 g/mol. The average Bonchev–Trinajstić information content (AvgIpc) is 2.14. The van der Waals surface area contributed by atoms with Crippen molar-refractivity contribution in [3.63, 3.8) is 0 Å². The van der Waals surface area contributed by atoms with Gasteiger partial charge in [0.15, 0.2) is 5.75 Å². The van der Waals surface area contributed by atoms with Gasteiger partial charge in [0.2, 0.25) is 0 Å². The molecule has 1 aromatic carbocycles. The standard InChI is InChI=1S/C13H18O4/c1-8-6-9(13(2,3)4)7-10(11(8)16-5)17-12(14)15/h6-7H,1-5H3,(H,14,15)/p+1. The molecule has 17 heavy (non-hydrogen) atoms. The molecule has 0 saturated heterocycles. The molecule has 0 bridgehead atoms. The minimum absolute atomic E-state index is 0.0553. The van der Waals surface area contributed by atoms with Crippen molar-refractivity contribution in [2.24, 2.45) is 0 Å². The molecule has 0 fully saturated rings. The molecule has 4 nitrogen and oxygen atoms in total. The third-order valence-corrected chi connectivity index (χ3v) is 2.51.